The zero-order valence-corrected chi connectivity index (χ0v) is 9.43. The zero-order valence-electron chi connectivity index (χ0n) is 9.43. The van der Waals surface area contributed by atoms with Crippen molar-refractivity contribution in [3.63, 3.8) is 0 Å². The summed E-state index contributed by atoms with van der Waals surface area (Å²) in [5.41, 5.74) is 1.30. The standard InChI is InChI=1S/C12H10N4O2/c13-5-6-15-11(17)12(18)16-8-10-3-1-9(7-14)2-4-10/h1-4H,6,8H2,(H,15,17)(H,16,18). The SMILES string of the molecule is N#CCNC(=O)C(=O)NCc1ccc(C#N)cc1. The number of nitrogens with zero attached hydrogens (tertiary/aromatic N) is 2. The summed E-state index contributed by atoms with van der Waals surface area (Å²) in [6.07, 6.45) is 0. The number of carbonyl (C=O) groups excluding carboxylic acids is 2. The number of nitriles is 2. The number of hydrogen-bond donors (Lipinski definition) is 2. The third kappa shape index (κ3) is 3.95. The highest BCUT2D eigenvalue weighted by Crippen LogP contribution is 2.02. The van der Waals surface area contributed by atoms with Crippen molar-refractivity contribution in [1.29, 1.82) is 10.5 Å². The van der Waals surface area contributed by atoms with Gasteiger partial charge in [-0.25, -0.2) is 0 Å². The smallest absolute Gasteiger partial charge is 0.310 e. The van der Waals surface area contributed by atoms with Gasteiger partial charge in [0.05, 0.1) is 17.7 Å². The van der Waals surface area contributed by atoms with E-state index in [0.29, 0.717) is 5.56 Å². The first kappa shape index (κ1) is 13.2. The van der Waals surface area contributed by atoms with Gasteiger partial charge in [0.1, 0.15) is 6.54 Å². The minimum Gasteiger partial charge on any atom is -0.344 e. The van der Waals surface area contributed by atoms with E-state index < -0.39 is 11.8 Å². The summed E-state index contributed by atoms with van der Waals surface area (Å²) in [4.78, 5) is 22.4. The quantitative estimate of drug-likeness (QED) is 0.566. The van der Waals surface area contributed by atoms with Crippen LogP contribution < -0.4 is 10.6 Å². The number of rotatable bonds is 3. The molecular weight excluding hydrogens is 232 g/mol. The highest BCUT2D eigenvalue weighted by molar-refractivity contribution is 6.35. The second-order valence-corrected chi connectivity index (χ2v) is 3.33. The van der Waals surface area contributed by atoms with Crippen molar-refractivity contribution in [2.75, 3.05) is 6.54 Å². The zero-order chi connectivity index (χ0) is 13.4. The van der Waals surface area contributed by atoms with Crippen LogP contribution in [-0.2, 0) is 16.1 Å². The molecule has 0 saturated carbocycles. The van der Waals surface area contributed by atoms with Crippen LogP contribution in [0.2, 0.25) is 0 Å². The van der Waals surface area contributed by atoms with Gasteiger partial charge in [-0.1, -0.05) is 12.1 Å². The summed E-state index contributed by atoms with van der Waals surface area (Å²) in [6, 6.07) is 10.3. The van der Waals surface area contributed by atoms with E-state index in [1.807, 2.05) is 6.07 Å². The molecule has 1 aromatic carbocycles. The van der Waals surface area contributed by atoms with E-state index in [-0.39, 0.29) is 13.1 Å². The Balaban J connectivity index is 2.45. The molecule has 90 valence electrons. The molecule has 0 saturated heterocycles. The lowest BCUT2D eigenvalue weighted by Gasteiger charge is -2.04. The summed E-state index contributed by atoms with van der Waals surface area (Å²) in [5.74, 6) is -1.64. The van der Waals surface area contributed by atoms with Gasteiger partial charge in [0, 0.05) is 6.54 Å². The van der Waals surface area contributed by atoms with Gasteiger partial charge < -0.3 is 10.6 Å². The van der Waals surface area contributed by atoms with Crippen LogP contribution in [0.25, 0.3) is 0 Å². The van der Waals surface area contributed by atoms with Crippen molar-refractivity contribution in [3.8, 4) is 12.1 Å². The highest BCUT2D eigenvalue weighted by atomic mass is 16.2. The second-order valence-electron chi connectivity index (χ2n) is 3.33. The molecular formula is C12H10N4O2. The molecule has 0 atom stereocenters. The van der Waals surface area contributed by atoms with Gasteiger partial charge in [0.25, 0.3) is 0 Å². The molecule has 0 radical (unpaired) electrons. The Morgan fingerprint density at radius 2 is 1.67 bits per heavy atom. The first-order valence-electron chi connectivity index (χ1n) is 5.09. The fraction of sp³-hybridized carbons (Fsp3) is 0.167. The van der Waals surface area contributed by atoms with Crippen LogP contribution in [0.3, 0.4) is 0 Å². The maximum Gasteiger partial charge on any atom is 0.310 e. The van der Waals surface area contributed by atoms with Crippen LogP contribution >= 0.6 is 0 Å². The van der Waals surface area contributed by atoms with Crippen LogP contribution in [-0.4, -0.2) is 18.4 Å². The minimum absolute atomic E-state index is 0.185. The van der Waals surface area contributed by atoms with E-state index in [1.54, 1.807) is 30.3 Å². The topological polar surface area (TPSA) is 106 Å². The second kappa shape index (κ2) is 6.66. The highest BCUT2D eigenvalue weighted by Gasteiger charge is 2.11. The Kier molecular flexibility index (Phi) is 4.89. The summed E-state index contributed by atoms with van der Waals surface area (Å²) in [6.45, 7) is -0.0202. The lowest BCUT2D eigenvalue weighted by atomic mass is 10.1. The molecule has 0 bridgehead atoms. The molecule has 0 aliphatic heterocycles. The van der Waals surface area contributed by atoms with E-state index in [0.717, 1.165) is 5.56 Å². The van der Waals surface area contributed by atoms with Crippen molar-refractivity contribution in [3.05, 3.63) is 35.4 Å². The fourth-order valence-electron chi connectivity index (χ4n) is 1.16. The van der Waals surface area contributed by atoms with Crippen LogP contribution in [0, 0.1) is 22.7 Å². The predicted molar refractivity (Wildman–Crippen MR) is 61.6 cm³/mol. The third-order valence-corrected chi connectivity index (χ3v) is 2.07. The van der Waals surface area contributed by atoms with Gasteiger partial charge >= 0.3 is 11.8 Å². The van der Waals surface area contributed by atoms with E-state index in [4.69, 9.17) is 10.5 Å². The normalized spacial score (nSPS) is 8.78. The van der Waals surface area contributed by atoms with Crippen molar-refractivity contribution >= 4 is 11.8 Å². The molecule has 0 spiro atoms. The molecule has 6 heteroatoms. The molecule has 6 nitrogen and oxygen atoms in total. The predicted octanol–water partition coefficient (Wildman–Crippen LogP) is -0.186. The monoisotopic (exact) mass is 242 g/mol. The molecule has 1 aromatic rings. The van der Waals surface area contributed by atoms with Gasteiger partial charge in [-0.05, 0) is 17.7 Å². The van der Waals surface area contributed by atoms with Crippen molar-refractivity contribution in [2.45, 2.75) is 6.54 Å². The van der Waals surface area contributed by atoms with Gasteiger partial charge in [-0.2, -0.15) is 10.5 Å². The number of carbonyl (C=O) groups is 2. The van der Waals surface area contributed by atoms with Crippen molar-refractivity contribution in [1.82, 2.24) is 10.6 Å². The fourth-order valence-corrected chi connectivity index (χ4v) is 1.16. The molecule has 0 heterocycles. The van der Waals surface area contributed by atoms with E-state index in [2.05, 4.69) is 10.6 Å². The Morgan fingerprint density at radius 3 is 2.22 bits per heavy atom. The van der Waals surface area contributed by atoms with E-state index >= 15 is 0 Å². The van der Waals surface area contributed by atoms with Gasteiger partial charge in [-0.15, -0.1) is 0 Å². The van der Waals surface area contributed by atoms with E-state index in [9.17, 15) is 9.59 Å². The average molecular weight is 242 g/mol. The molecule has 0 fully saturated rings. The Labute approximate surface area is 104 Å². The molecule has 2 amide bonds. The summed E-state index contributed by atoms with van der Waals surface area (Å²) in [7, 11) is 0. The van der Waals surface area contributed by atoms with Crippen LogP contribution in [0.4, 0.5) is 0 Å². The van der Waals surface area contributed by atoms with Gasteiger partial charge in [-0.3, -0.25) is 9.59 Å². The number of hydrogen-bond acceptors (Lipinski definition) is 4. The van der Waals surface area contributed by atoms with Crippen LogP contribution in [0.15, 0.2) is 24.3 Å². The maximum absolute atomic E-state index is 11.3. The van der Waals surface area contributed by atoms with Gasteiger partial charge in [0.15, 0.2) is 0 Å². The Bertz CT molecular complexity index is 522. The van der Waals surface area contributed by atoms with Crippen LogP contribution in [0.5, 0.6) is 0 Å². The third-order valence-electron chi connectivity index (χ3n) is 2.07. The first-order valence-corrected chi connectivity index (χ1v) is 5.09. The summed E-state index contributed by atoms with van der Waals surface area (Å²) >= 11 is 0. The number of amides is 2. The molecule has 0 aromatic heterocycles. The lowest BCUT2D eigenvalue weighted by molar-refractivity contribution is -0.139. The Morgan fingerprint density at radius 1 is 1.06 bits per heavy atom. The number of benzene rings is 1. The Hall–Kier alpha value is -2.86. The van der Waals surface area contributed by atoms with Crippen molar-refractivity contribution in [2.24, 2.45) is 0 Å². The van der Waals surface area contributed by atoms with Gasteiger partial charge in [0.2, 0.25) is 0 Å². The van der Waals surface area contributed by atoms with Crippen LogP contribution in [0.1, 0.15) is 11.1 Å². The van der Waals surface area contributed by atoms with Crippen molar-refractivity contribution < 1.29 is 9.59 Å². The summed E-state index contributed by atoms with van der Waals surface area (Å²) in [5, 5.41) is 21.4. The summed E-state index contributed by atoms with van der Waals surface area (Å²) < 4.78 is 0. The average Bonchev–Trinajstić information content (AvgIpc) is 2.42. The minimum atomic E-state index is -0.842. The molecule has 0 aliphatic rings. The lowest BCUT2D eigenvalue weighted by Crippen LogP contribution is -2.39. The molecule has 18 heavy (non-hydrogen) atoms. The van der Waals surface area contributed by atoms with E-state index in [1.165, 1.54) is 0 Å². The first-order chi connectivity index (χ1) is 8.67. The molecule has 0 aliphatic carbocycles. The molecule has 0 unspecified atom stereocenters. The maximum atomic E-state index is 11.3. The number of nitrogens with one attached hydrogen (secondary N) is 2. The molecule has 2 N–H and O–H groups in total. The molecule has 1 rings (SSSR count). The largest absolute Gasteiger partial charge is 0.344 e.